The molecule has 34 heteroatoms. The number of fused-ring (bicyclic) bond motifs is 2. The third-order valence-corrected chi connectivity index (χ3v) is 21.9. The molecular formula is C87H113N17O17. The summed E-state index contributed by atoms with van der Waals surface area (Å²) >= 11 is 0. The number of carbonyl (C=O) groups is 11. The molecule has 121 heavy (non-hydrogen) atoms. The molecule has 7 heterocycles. The van der Waals surface area contributed by atoms with Crippen LogP contribution in [-0.2, 0) is 85.0 Å². The van der Waals surface area contributed by atoms with E-state index in [2.05, 4.69) is 68.5 Å². The van der Waals surface area contributed by atoms with Crippen molar-refractivity contribution in [3.63, 3.8) is 0 Å². The zero-order valence-corrected chi connectivity index (χ0v) is 70.1. The number of aliphatic hydroxyl groups is 2. The number of nitrogens with zero attached hydrogens (tertiary/aromatic N) is 8. The Hall–Kier alpha value is -12.0. The van der Waals surface area contributed by atoms with E-state index in [1.54, 1.807) is 143 Å². The fraction of sp³-hybridized carbons (Fsp3) is 0.483. The van der Waals surface area contributed by atoms with Gasteiger partial charge in [-0.15, -0.1) is 5.10 Å². The number of likely N-dealkylation sites (tertiary alicyclic amines) is 1. The molecule has 13 N–H and O–H groups in total. The van der Waals surface area contributed by atoms with Crippen LogP contribution in [0.15, 0.2) is 150 Å². The molecule has 14 atom stereocenters. The van der Waals surface area contributed by atoms with Gasteiger partial charge in [-0.1, -0.05) is 168 Å². The van der Waals surface area contributed by atoms with Gasteiger partial charge in [0.1, 0.15) is 78.7 Å². The lowest BCUT2D eigenvalue weighted by Crippen LogP contribution is -2.65. The van der Waals surface area contributed by atoms with Crippen LogP contribution >= 0.6 is 0 Å². The molecule has 0 spiro atoms. The molecule has 34 nitrogen and oxygen atoms in total. The van der Waals surface area contributed by atoms with Crippen LogP contribution in [0.4, 0.5) is 0 Å². The molecule has 1 fully saturated rings. The van der Waals surface area contributed by atoms with Gasteiger partial charge in [0.05, 0.1) is 49.5 Å². The molecule has 6 aliphatic heterocycles. The number of hydrogen-bond acceptors (Lipinski definition) is 22. The van der Waals surface area contributed by atoms with E-state index in [1.807, 2.05) is 72.8 Å². The van der Waals surface area contributed by atoms with Crippen molar-refractivity contribution in [3.8, 4) is 11.5 Å². The monoisotopic (exact) mass is 1670 g/mol. The van der Waals surface area contributed by atoms with Crippen LogP contribution in [0.25, 0.3) is 21.5 Å². The average molecular weight is 1670 g/mol. The summed E-state index contributed by atoms with van der Waals surface area (Å²) in [5, 5.41) is 89.9. The first-order valence-corrected chi connectivity index (χ1v) is 40.9. The highest BCUT2D eigenvalue weighted by molar-refractivity contribution is 5.99. The molecule has 1 aromatic heterocycles. The normalized spacial score (nSPS) is 21.2. The number of carboxylic acid groups (broad SMARTS) is 2. The number of benzene rings is 6. The van der Waals surface area contributed by atoms with Gasteiger partial charge < -0.3 is 87.6 Å². The van der Waals surface area contributed by atoms with Crippen molar-refractivity contribution >= 4 is 86.6 Å². The van der Waals surface area contributed by atoms with Crippen molar-refractivity contribution in [2.45, 2.75) is 212 Å². The van der Waals surface area contributed by atoms with E-state index in [0.29, 0.717) is 33.8 Å². The number of hydrogen-bond donors (Lipinski definition) is 13. The van der Waals surface area contributed by atoms with Crippen LogP contribution in [0.3, 0.4) is 0 Å². The Morgan fingerprint density at radius 1 is 0.636 bits per heavy atom. The van der Waals surface area contributed by atoms with E-state index in [0.717, 1.165) is 21.5 Å². The number of amides is 9. The molecule has 9 amide bonds. The second-order valence-corrected chi connectivity index (χ2v) is 33.4. The first kappa shape index (κ1) is 91.3. The summed E-state index contributed by atoms with van der Waals surface area (Å²) in [6.07, 6.45) is -4.19. The molecule has 6 aromatic carbocycles. The quantitative estimate of drug-likeness (QED) is 0.0407. The SMILES string of the molecule is CCCN(C(=O)[C@@H](NC(=O)[C@H](C)NC)C(C)(C)C)[C@@H]1C(=O)N[C@@H](Cc2ccc3ccccc3c2)C(=O)N[C@H](C(=O)NCC[C@@H](O)C[C@@H](O)CC(=O)O)Cc2ccc(cc2)OCc2cn(nn2)[C@@H]2CCN(C(=O)[C@@H](NC(=O)[C@H](C)NC)C(C)(C)C)[C@@H]2C(=O)N[C@@H](Cc2ccc3ccccc3c2)C(=O)N[C@H](C(=O)O)Cc2ccc(cc2)OCC2CN1N=N2. The maximum absolute atomic E-state index is 16.0. The van der Waals surface area contributed by atoms with Gasteiger partial charge in [0.2, 0.25) is 53.4 Å². The van der Waals surface area contributed by atoms with Crippen LogP contribution in [-0.4, -0.2) is 241 Å². The Balaban J connectivity index is 1.04. The number of rotatable bonds is 24. The summed E-state index contributed by atoms with van der Waals surface area (Å²) in [6.45, 7) is 14.9. The fourth-order valence-electron chi connectivity index (χ4n) is 14.8. The molecule has 648 valence electrons. The highest BCUT2D eigenvalue weighted by Crippen LogP contribution is 2.34. The van der Waals surface area contributed by atoms with Crippen LogP contribution in [0.1, 0.15) is 128 Å². The van der Waals surface area contributed by atoms with E-state index in [9.17, 15) is 44.4 Å². The summed E-state index contributed by atoms with van der Waals surface area (Å²) in [7, 11) is 3.20. The van der Waals surface area contributed by atoms with Gasteiger partial charge in [0.25, 0.3) is 5.91 Å². The fourth-order valence-corrected chi connectivity index (χ4v) is 14.8. The Kier molecular flexibility index (Phi) is 31.2. The molecular weight excluding hydrogens is 1560 g/mol. The molecule has 0 aliphatic carbocycles. The topological polar surface area (TPSA) is 461 Å². The van der Waals surface area contributed by atoms with Gasteiger partial charge >= 0.3 is 11.9 Å². The number of likely N-dealkylation sites (N-methyl/N-ethyl adjacent to an activating group) is 2. The average Bonchev–Trinajstić information content (AvgIpc) is 1.44. The summed E-state index contributed by atoms with van der Waals surface area (Å²) in [4.78, 5) is 163. The lowest BCUT2D eigenvalue weighted by Gasteiger charge is -2.40. The van der Waals surface area contributed by atoms with Crippen molar-refractivity contribution in [3.05, 3.63) is 168 Å². The molecule has 0 saturated carbocycles. The number of carboxylic acids is 2. The summed E-state index contributed by atoms with van der Waals surface area (Å²) < 4.78 is 14.0. The van der Waals surface area contributed by atoms with E-state index in [1.165, 1.54) is 19.5 Å². The molecule has 13 rings (SSSR count). The summed E-state index contributed by atoms with van der Waals surface area (Å²) in [5.41, 5.74) is 0.507. The number of aromatic nitrogens is 3. The number of ether oxygens (including phenoxy) is 2. The van der Waals surface area contributed by atoms with Gasteiger partial charge in [-0.05, 0) is 133 Å². The second kappa shape index (κ2) is 41.3. The maximum atomic E-state index is 16.0. The first-order valence-electron chi connectivity index (χ1n) is 40.9. The van der Waals surface area contributed by atoms with Crippen LogP contribution in [0.2, 0.25) is 0 Å². The second-order valence-electron chi connectivity index (χ2n) is 33.4. The lowest BCUT2D eigenvalue weighted by molar-refractivity contribution is -0.153. The molecule has 8 bridgehead atoms. The largest absolute Gasteiger partial charge is 0.491 e. The molecule has 7 aromatic rings. The highest BCUT2D eigenvalue weighted by atomic mass is 16.5. The van der Waals surface area contributed by atoms with Crippen LogP contribution in [0, 0.1) is 10.8 Å². The lowest BCUT2D eigenvalue weighted by atomic mass is 9.85. The predicted octanol–water partition coefficient (Wildman–Crippen LogP) is 3.98. The maximum Gasteiger partial charge on any atom is 0.326 e. The van der Waals surface area contributed by atoms with E-state index in [-0.39, 0.29) is 96.5 Å². The minimum atomic E-state index is -1.68. The van der Waals surface area contributed by atoms with Crippen LogP contribution < -0.4 is 57.3 Å². The Morgan fingerprint density at radius 2 is 1.17 bits per heavy atom. The molecule has 1 unspecified atom stereocenters. The van der Waals surface area contributed by atoms with Crippen LogP contribution in [0.5, 0.6) is 11.5 Å². The van der Waals surface area contributed by atoms with Gasteiger partial charge in [-0.3, -0.25) is 47.9 Å². The van der Waals surface area contributed by atoms with Gasteiger partial charge in [-0.2, -0.15) is 5.11 Å². The van der Waals surface area contributed by atoms with Crippen molar-refractivity contribution < 1.29 is 82.6 Å². The summed E-state index contributed by atoms with van der Waals surface area (Å²) in [6, 6.07) is 26.0. The van der Waals surface area contributed by atoms with Crippen molar-refractivity contribution in [1.29, 1.82) is 0 Å². The number of aliphatic carboxylic acids is 2. The van der Waals surface area contributed by atoms with Crippen molar-refractivity contribution in [1.82, 2.24) is 77.7 Å². The molecule has 6 aliphatic rings. The Labute approximate surface area is 702 Å². The standard InChI is InChI=1S/C87H113N17O17/c1-12-36-102(84(117)74(87(7,8)9)96-76(110)51(3)89-11)82-81(115)93-68(43-55-22-28-57-18-14-16-20-59(57)39-55)78(112)91-66(77(111)90-35-33-62(105)44-63(106)45-71(107)108)40-52-23-29-64(30-24-52)120-48-60-46-103(99-97-60)70-34-37-101(83(116)73(86(4,5)6)95-75(109)50(2)88-10)72(70)80(114)92-67(42-54-21-27-56-17-13-15-19-58(56)38-54)79(113)94-69(85(118)119)41-53-25-31-65(32-26-53)121-49-61-47-104(82)100-98-61/h13-32,38-39,46,50-51,61-63,66-70,72-74,82,88-89,105-106H,12,33-37,40-45,47-49H2,1-11H3,(H,90,111)(H,91,112)(H,92,114)(H,93,115)(H,94,113)(H,95,109)(H,96,110)(H,107,108)(H,118,119)/t50-,51-,61?,62+,63+,66-,67-,68-,69-,70+,72-,73+,74+,82-/m0/s1. The van der Waals surface area contributed by atoms with E-state index >= 15 is 28.8 Å². The zero-order valence-electron chi connectivity index (χ0n) is 70.1. The third kappa shape index (κ3) is 24.6. The van der Waals surface area contributed by atoms with Gasteiger partial charge in [0, 0.05) is 45.3 Å². The Morgan fingerprint density at radius 3 is 1.70 bits per heavy atom. The Bertz CT molecular complexity index is 4860. The first-order chi connectivity index (χ1) is 57.6. The molecule has 1 saturated heterocycles. The van der Waals surface area contributed by atoms with Gasteiger partial charge in [-0.25, -0.2) is 14.5 Å². The molecule has 0 radical (unpaired) electrons. The van der Waals surface area contributed by atoms with Crippen molar-refractivity contribution in [2.24, 2.45) is 21.2 Å². The minimum absolute atomic E-state index is 0.0271. The number of carbonyl (C=O) groups excluding carboxylic acids is 9. The number of nitrogens with one attached hydrogen (secondary N) is 9. The zero-order chi connectivity index (χ0) is 87.6. The number of aliphatic hydroxyl groups excluding tert-OH is 2. The smallest absolute Gasteiger partial charge is 0.326 e. The minimum Gasteiger partial charge on any atom is -0.491 e. The summed E-state index contributed by atoms with van der Waals surface area (Å²) in [5.74, 6) is -8.47. The van der Waals surface area contributed by atoms with Gasteiger partial charge in [0.15, 0.2) is 0 Å². The third-order valence-electron chi connectivity index (χ3n) is 21.9. The highest BCUT2D eigenvalue weighted by Gasteiger charge is 2.50. The van der Waals surface area contributed by atoms with E-state index < -0.39 is 167 Å². The van der Waals surface area contributed by atoms with E-state index in [4.69, 9.17) is 9.47 Å². The predicted molar refractivity (Wildman–Crippen MR) is 447 cm³/mol. The van der Waals surface area contributed by atoms with Crippen molar-refractivity contribution in [2.75, 3.05) is 46.9 Å².